The fraction of sp³-hybridized carbons (Fsp3) is 0.133. The number of carbonyl (C=O) groups is 1. The van der Waals surface area contributed by atoms with Crippen molar-refractivity contribution in [1.82, 2.24) is 0 Å². The van der Waals surface area contributed by atoms with Crippen molar-refractivity contribution < 1.29 is 9.53 Å². The Hall–Kier alpha value is -2.49. The number of carbonyl (C=O) groups excluding carboxylic acids is 1. The van der Waals surface area contributed by atoms with E-state index in [1.165, 1.54) is 0 Å². The van der Waals surface area contributed by atoms with Gasteiger partial charge in [-0.05, 0) is 17.7 Å². The Balaban J connectivity index is 2.00. The third-order valence-corrected chi connectivity index (χ3v) is 3.14. The first-order chi connectivity index (χ1) is 9.25. The molecule has 2 aromatic carbocycles. The minimum atomic E-state index is -0.0748. The van der Waals surface area contributed by atoms with E-state index in [1.54, 1.807) is 11.0 Å². The summed E-state index contributed by atoms with van der Waals surface area (Å²) >= 11 is 0. The molecule has 0 spiro atoms. The number of fused-ring (bicyclic) bond motifs is 1. The molecule has 0 bridgehead atoms. The molecular weight excluding hydrogens is 240 g/mol. The molecular formula is C15H14N2O2. The molecule has 4 heteroatoms. The Morgan fingerprint density at radius 3 is 2.68 bits per heavy atom. The van der Waals surface area contributed by atoms with Gasteiger partial charge in [0.2, 0.25) is 0 Å². The van der Waals surface area contributed by atoms with Crippen molar-refractivity contribution in [2.24, 2.45) is 0 Å². The predicted molar refractivity (Wildman–Crippen MR) is 74.0 cm³/mol. The second-order valence-electron chi connectivity index (χ2n) is 4.45. The lowest BCUT2D eigenvalue weighted by Crippen LogP contribution is -2.38. The first-order valence-corrected chi connectivity index (χ1v) is 6.11. The zero-order valence-electron chi connectivity index (χ0n) is 10.4. The quantitative estimate of drug-likeness (QED) is 0.836. The number of nitrogens with zero attached hydrogens (tertiary/aromatic N) is 1. The molecule has 2 N–H and O–H groups in total. The zero-order chi connectivity index (χ0) is 13.2. The van der Waals surface area contributed by atoms with Crippen molar-refractivity contribution in [2.45, 2.75) is 6.54 Å². The summed E-state index contributed by atoms with van der Waals surface area (Å²) in [5, 5.41) is 0. The van der Waals surface area contributed by atoms with Crippen LogP contribution in [0, 0.1) is 0 Å². The molecule has 2 aromatic rings. The second kappa shape index (κ2) is 4.65. The lowest BCUT2D eigenvalue weighted by molar-refractivity contribution is -0.121. The van der Waals surface area contributed by atoms with E-state index in [9.17, 15) is 4.79 Å². The molecule has 0 unspecified atom stereocenters. The molecule has 1 heterocycles. The Morgan fingerprint density at radius 2 is 1.89 bits per heavy atom. The maximum atomic E-state index is 12.1. The van der Waals surface area contributed by atoms with Crippen LogP contribution in [0.4, 0.5) is 11.4 Å². The van der Waals surface area contributed by atoms with E-state index in [0.717, 1.165) is 5.56 Å². The summed E-state index contributed by atoms with van der Waals surface area (Å²) in [6.07, 6.45) is 0. The molecule has 0 fully saturated rings. The van der Waals surface area contributed by atoms with Gasteiger partial charge in [0, 0.05) is 0 Å². The smallest absolute Gasteiger partial charge is 0.265 e. The molecule has 0 saturated carbocycles. The number of nitrogen functional groups attached to an aromatic ring is 1. The molecule has 0 atom stereocenters. The number of para-hydroxylation sites is 1. The van der Waals surface area contributed by atoms with E-state index in [4.69, 9.17) is 10.5 Å². The summed E-state index contributed by atoms with van der Waals surface area (Å²) in [5.41, 5.74) is 8.26. The van der Waals surface area contributed by atoms with Crippen LogP contribution in [0.2, 0.25) is 0 Å². The third kappa shape index (κ3) is 2.12. The van der Waals surface area contributed by atoms with Crippen LogP contribution in [-0.2, 0) is 11.3 Å². The number of nitrogens with two attached hydrogens (primary N) is 1. The largest absolute Gasteiger partial charge is 0.481 e. The minimum absolute atomic E-state index is 0.0588. The average molecular weight is 254 g/mol. The van der Waals surface area contributed by atoms with Crippen LogP contribution in [0.1, 0.15) is 5.56 Å². The maximum absolute atomic E-state index is 12.1. The minimum Gasteiger partial charge on any atom is -0.481 e. The highest BCUT2D eigenvalue weighted by Gasteiger charge is 2.27. The van der Waals surface area contributed by atoms with Crippen LogP contribution < -0.4 is 15.4 Å². The van der Waals surface area contributed by atoms with Crippen LogP contribution in [0.15, 0.2) is 48.5 Å². The fourth-order valence-electron chi connectivity index (χ4n) is 2.22. The van der Waals surface area contributed by atoms with E-state index >= 15 is 0 Å². The van der Waals surface area contributed by atoms with Gasteiger partial charge in [0.15, 0.2) is 6.61 Å². The molecule has 1 aliphatic heterocycles. The third-order valence-electron chi connectivity index (χ3n) is 3.14. The van der Waals surface area contributed by atoms with Crippen LogP contribution >= 0.6 is 0 Å². The molecule has 3 rings (SSSR count). The topological polar surface area (TPSA) is 55.6 Å². The van der Waals surface area contributed by atoms with Crippen molar-refractivity contribution in [3.8, 4) is 5.75 Å². The van der Waals surface area contributed by atoms with Crippen LogP contribution in [0.5, 0.6) is 5.75 Å². The van der Waals surface area contributed by atoms with Crippen molar-refractivity contribution in [3.63, 3.8) is 0 Å². The first-order valence-electron chi connectivity index (χ1n) is 6.11. The normalized spacial score (nSPS) is 13.9. The highest BCUT2D eigenvalue weighted by molar-refractivity contribution is 6.01. The van der Waals surface area contributed by atoms with Crippen LogP contribution in [-0.4, -0.2) is 12.5 Å². The predicted octanol–water partition coefficient (Wildman–Crippen LogP) is 2.19. The van der Waals surface area contributed by atoms with Gasteiger partial charge in [0.05, 0.1) is 12.2 Å². The molecule has 96 valence electrons. The van der Waals surface area contributed by atoms with E-state index in [1.807, 2.05) is 42.5 Å². The molecule has 1 amide bonds. The highest BCUT2D eigenvalue weighted by atomic mass is 16.5. The molecule has 1 aliphatic rings. The summed E-state index contributed by atoms with van der Waals surface area (Å²) < 4.78 is 5.41. The highest BCUT2D eigenvalue weighted by Crippen LogP contribution is 2.37. The number of hydrogen-bond donors (Lipinski definition) is 1. The van der Waals surface area contributed by atoms with E-state index in [0.29, 0.717) is 23.7 Å². The SMILES string of the molecule is Nc1cccc2c1N(Cc1ccccc1)C(=O)CO2. The molecule has 0 radical (unpaired) electrons. The number of amides is 1. The average Bonchev–Trinajstić information content (AvgIpc) is 2.43. The van der Waals surface area contributed by atoms with Gasteiger partial charge >= 0.3 is 0 Å². The lowest BCUT2D eigenvalue weighted by atomic mass is 10.1. The number of rotatable bonds is 2. The van der Waals surface area contributed by atoms with E-state index < -0.39 is 0 Å². The van der Waals surface area contributed by atoms with Gasteiger partial charge in [0.1, 0.15) is 11.4 Å². The maximum Gasteiger partial charge on any atom is 0.265 e. The monoisotopic (exact) mass is 254 g/mol. The molecule has 0 aliphatic carbocycles. The zero-order valence-corrected chi connectivity index (χ0v) is 10.4. The molecule has 19 heavy (non-hydrogen) atoms. The Bertz CT molecular complexity index is 611. The summed E-state index contributed by atoms with van der Waals surface area (Å²) in [6, 6.07) is 15.3. The van der Waals surface area contributed by atoms with Crippen molar-refractivity contribution in [1.29, 1.82) is 0 Å². The van der Waals surface area contributed by atoms with Gasteiger partial charge in [0.25, 0.3) is 5.91 Å². The Morgan fingerprint density at radius 1 is 1.11 bits per heavy atom. The number of hydrogen-bond acceptors (Lipinski definition) is 3. The van der Waals surface area contributed by atoms with E-state index in [-0.39, 0.29) is 12.5 Å². The molecule has 0 aromatic heterocycles. The van der Waals surface area contributed by atoms with Gasteiger partial charge in [-0.3, -0.25) is 9.69 Å². The Labute approximate surface area is 111 Å². The lowest BCUT2D eigenvalue weighted by Gasteiger charge is -2.30. The number of benzene rings is 2. The standard InChI is InChI=1S/C15H14N2O2/c16-12-7-4-8-13-15(12)17(14(18)10-19-13)9-11-5-2-1-3-6-11/h1-8H,9-10,16H2. The summed E-state index contributed by atoms with van der Waals surface area (Å²) in [6.45, 7) is 0.563. The van der Waals surface area contributed by atoms with Gasteiger partial charge < -0.3 is 10.5 Å². The fourth-order valence-corrected chi connectivity index (χ4v) is 2.22. The van der Waals surface area contributed by atoms with Crippen molar-refractivity contribution >= 4 is 17.3 Å². The number of anilines is 2. The molecule has 4 nitrogen and oxygen atoms in total. The van der Waals surface area contributed by atoms with Crippen LogP contribution in [0.25, 0.3) is 0 Å². The molecule has 0 saturated heterocycles. The number of ether oxygens (including phenoxy) is 1. The second-order valence-corrected chi connectivity index (χ2v) is 4.45. The van der Waals surface area contributed by atoms with Crippen LogP contribution in [0.3, 0.4) is 0 Å². The summed E-state index contributed by atoms with van der Waals surface area (Å²) in [7, 11) is 0. The van der Waals surface area contributed by atoms with Crippen molar-refractivity contribution in [2.75, 3.05) is 17.2 Å². The van der Waals surface area contributed by atoms with E-state index in [2.05, 4.69) is 0 Å². The summed E-state index contributed by atoms with van der Waals surface area (Å²) in [5.74, 6) is 0.588. The summed E-state index contributed by atoms with van der Waals surface area (Å²) in [4.78, 5) is 13.7. The van der Waals surface area contributed by atoms with Gasteiger partial charge in [-0.2, -0.15) is 0 Å². The van der Waals surface area contributed by atoms with Gasteiger partial charge in [-0.15, -0.1) is 0 Å². The van der Waals surface area contributed by atoms with Crippen molar-refractivity contribution in [3.05, 3.63) is 54.1 Å². The van der Waals surface area contributed by atoms with Gasteiger partial charge in [-0.1, -0.05) is 36.4 Å². The van der Waals surface area contributed by atoms with Gasteiger partial charge in [-0.25, -0.2) is 0 Å². The Kier molecular flexibility index (Phi) is 2.83. The first kappa shape index (κ1) is 11.6.